The average molecular weight is 786 g/mol. The Bertz CT molecular complexity index is 1880. The van der Waals surface area contributed by atoms with Crippen molar-refractivity contribution in [3.05, 3.63) is 108 Å². The molecule has 1 radical (unpaired) electrons. The molecule has 0 amide bonds. The topological polar surface area (TPSA) is 51.8 Å². The second kappa shape index (κ2) is 12.8. The molecule has 0 fully saturated rings. The van der Waals surface area contributed by atoms with Crippen LogP contribution < -0.4 is 4.40 Å². The van der Waals surface area contributed by atoms with E-state index in [2.05, 4.69) is 50.4 Å². The molecule has 0 unspecified atom stereocenters. The van der Waals surface area contributed by atoms with Crippen molar-refractivity contribution in [3.63, 3.8) is 0 Å². The minimum Gasteiger partial charge on any atom is 0 e. The molecule has 4 nitrogen and oxygen atoms in total. The summed E-state index contributed by atoms with van der Waals surface area (Å²) in [6, 6.07) is 24.2. The van der Waals surface area contributed by atoms with Gasteiger partial charge in [-0.3, -0.25) is 0 Å². The van der Waals surface area contributed by atoms with Gasteiger partial charge in [-0.15, -0.1) is 18.2 Å². The number of rotatable bonds is 4. The van der Waals surface area contributed by atoms with Crippen LogP contribution in [0.1, 0.15) is 36.4 Å². The van der Waals surface area contributed by atoms with Crippen LogP contribution in [0.4, 0.5) is 4.39 Å². The zero-order chi connectivity index (χ0) is 31.9. The van der Waals surface area contributed by atoms with E-state index < -0.39 is 31.8 Å². The van der Waals surface area contributed by atoms with Gasteiger partial charge in [0.25, 0.3) is 0 Å². The van der Waals surface area contributed by atoms with Gasteiger partial charge in [-0.05, 0) is 29.3 Å². The summed E-state index contributed by atoms with van der Waals surface area (Å²) in [6.45, 7) is 1.21. The van der Waals surface area contributed by atoms with E-state index in [0.717, 1.165) is 28.2 Å². The number of fused-ring (bicyclic) bond motifs is 3. The summed E-state index contributed by atoms with van der Waals surface area (Å²) in [4.78, 5) is 12.9. The molecule has 0 N–H and O–H groups in total. The molecule has 0 bridgehead atoms. The van der Waals surface area contributed by atoms with Crippen molar-refractivity contribution >= 4 is 39.7 Å². The normalized spacial score (nSPS) is 13.3. The second-order valence-corrected chi connectivity index (χ2v) is 21.4. The molecule has 0 saturated carbocycles. The second-order valence-electron chi connectivity index (χ2n) is 10.8. The van der Waals surface area contributed by atoms with Crippen molar-refractivity contribution in [1.29, 1.82) is 0 Å². The van der Waals surface area contributed by atoms with Gasteiger partial charge in [-0.25, -0.2) is 9.37 Å². The van der Waals surface area contributed by atoms with Crippen LogP contribution in [0.3, 0.4) is 0 Å². The van der Waals surface area contributed by atoms with E-state index in [1.54, 1.807) is 44.3 Å². The van der Waals surface area contributed by atoms with E-state index in [-0.39, 0.29) is 25.7 Å². The fourth-order valence-electron chi connectivity index (χ4n) is 4.31. The molecule has 0 aliphatic rings. The number of nitrogens with zero attached hydrogens (tertiary/aromatic N) is 3. The number of pyridine rings is 3. The summed E-state index contributed by atoms with van der Waals surface area (Å²) in [5.74, 6) is 5.43. The summed E-state index contributed by atoms with van der Waals surface area (Å²) in [5.41, 5.74) is 4.56. The first-order valence-electron chi connectivity index (χ1n) is 15.0. The van der Waals surface area contributed by atoms with Crippen LogP contribution in [0.25, 0.3) is 44.6 Å². The maximum absolute atomic E-state index is 14.0. The first-order valence-corrected chi connectivity index (χ1v) is 20.3. The smallest absolute Gasteiger partial charge is 0 e. The molecular formula is C34H32FGeIrN3O-2. The summed E-state index contributed by atoms with van der Waals surface area (Å²) in [7, 11) is 0. The largest absolute Gasteiger partial charge is 0 e. The van der Waals surface area contributed by atoms with Crippen LogP contribution in [-0.4, -0.2) is 28.2 Å². The van der Waals surface area contributed by atoms with Crippen molar-refractivity contribution < 1.29 is 34.4 Å². The van der Waals surface area contributed by atoms with Gasteiger partial charge in [0.05, 0.1) is 11.8 Å². The van der Waals surface area contributed by atoms with Gasteiger partial charge in [-0.1, -0.05) is 30.9 Å². The number of halogens is 1. The molecule has 0 saturated heterocycles. The molecule has 6 aromatic rings. The van der Waals surface area contributed by atoms with Crippen LogP contribution >= 0.6 is 0 Å². The Morgan fingerprint density at radius 1 is 0.951 bits per heavy atom. The molecule has 6 rings (SSSR count). The van der Waals surface area contributed by atoms with Gasteiger partial charge >= 0.3 is 110 Å². The Labute approximate surface area is 262 Å². The minimum atomic E-state index is -2.08. The third-order valence-corrected chi connectivity index (χ3v) is 10.8. The van der Waals surface area contributed by atoms with Crippen LogP contribution in [-0.2, 0) is 20.1 Å². The summed E-state index contributed by atoms with van der Waals surface area (Å²) >= 11 is -1.83. The average Bonchev–Trinajstić information content (AvgIpc) is 3.36. The molecular weight excluding hydrogens is 750 g/mol. The van der Waals surface area contributed by atoms with E-state index in [1.165, 1.54) is 10.5 Å². The number of furan rings is 1. The number of aromatic nitrogens is 3. The Balaban J connectivity index is 0.000000204. The van der Waals surface area contributed by atoms with E-state index >= 15 is 0 Å². The van der Waals surface area contributed by atoms with Crippen LogP contribution in [0, 0.1) is 24.8 Å². The Morgan fingerprint density at radius 2 is 1.76 bits per heavy atom. The van der Waals surface area contributed by atoms with Gasteiger partial charge in [0.2, 0.25) is 5.71 Å². The number of hydrogen-bond acceptors (Lipinski definition) is 4. The first-order chi connectivity index (χ1) is 20.6. The predicted octanol–water partition coefficient (Wildman–Crippen LogP) is 8.51. The van der Waals surface area contributed by atoms with E-state index in [4.69, 9.17) is 9.90 Å². The molecule has 4 heterocycles. The number of aryl methyl sites for hydroxylation is 1. The van der Waals surface area contributed by atoms with Crippen molar-refractivity contribution in [3.8, 4) is 22.5 Å². The van der Waals surface area contributed by atoms with Gasteiger partial charge < -0.3 is 9.40 Å². The summed E-state index contributed by atoms with van der Waals surface area (Å²) in [5, 5.41) is 1.82. The van der Waals surface area contributed by atoms with Crippen LogP contribution in [0.15, 0.2) is 83.7 Å². The van der Waals surface area contributed by atoms with Gasteiger partial charge in [0.15, 0.2) is 0 Å². The Morgan fingerprint density at radius 3 is 2.41 bits per heavy atom. The van der Waals surface area contributed by atoms with Gasteiger partial charge in [0, 0.05) is 33.1 Å². The maximum atomic E-state index is 14.0. The third-order valence-electron chi connectivity index (χ3n) is 6.58. The fourth-order valence-corrected chi connectivity index (χ4v) is 6.48. The molecule has 0 spiro atoms. The first kappa shape index (κ1) is 25.5. The molecule has 0 aliphatic carbocycles. The van der Waals surface area contributed by atoms with Crippen molar-refractivity contribution in [2.75, 3.05) is 0 Å². The van der Waals surface area contributed by atoms with Gasteiger partial charge in [0.1, 0.15) is 5.82 Å². The van der Waals surface area contributed by atoms with E-state index in [0.29, 0.717) is 28.1 Å². The molecule has 0 atom stereocenters. The summed E-state index contributed by atoms with van der Waals surface area (Å²) in [6.07, 6.45) is 4.76. The quantitative estimate of drug-likeness (QED) is 0.133. The molecule has 41 heavy (non-hydrogen) atoms. The van der Waals surface area contributed by atoms with Crippen LogP contribution in [0.2, 0.25) is 17.3 Å². The van der Waals surface area contributed by atoms with Crippen molar-refractivity contribution in [2.45, 2.75) is 43.9 Å². The predicted molar refractivity (Wildman–Crippen MR) is 164 cm³/mol. The maximum Gasteiger partial charge on any atom is 0 e. The molecule has 4 aromatic heterocycles. The standard InChI is InChI=1S/C19H14FN2O.C15H18GeN.Ir/c1-11(2)15-9-17(22-10-16(15)20)14-6-3-5-12-13-7-4-8-21-19(13)23-18(12)14;1-12-5-7-13(8-6-12)15-10-9-14(11-17-15)16(2,3)4;/h3-5,7-11H,1-2H3;5-7,9-11H,1-4H3;/q2*-1;/i11D;1D3;. The van der Waals surface area contributed by atoms with Gasteiger partial charge in [-0.2, -0.15) is 0 Å². The Hall–Kier alpha value is -3.19. The monoisotopic (exact) mass is 788 g/mol. The van der Waals surface area contributed by atoms with Crippen LogP contribution in [0.5, 0.6) is 0 Å². The SMILES string of the molecule is [2H]C(C)(C)c1cc(-c2[c-]ccc3c2oc2ncccc23)ncc1F.[2H]C([2H])([2H])c1c[c-]c(-c2cc[c]([Ge]([CH3])([CH3])[CH3])cn2)cc1.[Ir]. The molecule has 7 heteroatoms. The van der Waals surface area contributed by atoms with Crippen molar-refractivity contribution in [2.24, 2.45) is 0 Å². The molecule has 0 aliphatic heterocycles. The number of hydrogen-bond donors (Lipinski definition) is 0. The van der Waals surface area contributed by atoms with E-state index in [9.17, 15) is 4.39 Å². The zero-order valence-electron chi connectivity index (χ0n) is 27.5. The minimum absolute atomic E-state index is 0. The fraction of sp³-hybridized carbons (Fsp3) is 0.206. The Kier molecular flexibility index (Phi) is 7.95. The zero-order valence-corrected chi connectivity index (χ0v) is 28.0. The summed E-state index contributed by atoms with van der Waals surface area (Å²) < 4.78 is 51.4. The van der Waals surface area contributed by atoms with Crippen molar-refractivity contribution in [1.82, 2.24) is 15.0 Å². The third kappa shape index (κ3) is 6.83. The molecule has 2 aromatic carbocycles. The molecule has 211 valence electrons. The number of benzene rings is 2. The van der Waals surface area contributed by atoms with E-state index in [1.807, 2.05) is 30.5 Å².